The summed E-state index contributed by atoms with van der Waals surface area (Å²) in [6.45, 7) is 2.88. The standard InChI is InChI=1S/C10H16N2O2S/c1-8(9-3-2-6-15-9)12-10(13)7-14-5-4-11/h2-3,6,8H,4-5,7,11H2,1H3,(H,12,13)/t8-/m0/s1. The van der Waals surface area contributed by atoms with E-state index in [0.717, 1.165) is 4.88 Å². The lowest BCUT2D eigenvalue weighted by Crippen LogP contribution is -2.30. The van der Waals surface area contributed by atoms with E-state index in [2.05, 4.69) is 5.32 Å². The van der Waals surface area contributed by atoms with Crippen LogP contribution in [-0.4, -0.2) is 25.7 Å². The van der Waals surface area contributed by atoms with Gasteiger partial charge < -0.3 is 15.8 Å². The molecule has 3 N–H and O–H groups in total. The fourth-order valence-electron chi connectivity index (χ4n) is 1.14. The summed E-state index contributed by atoms with van der Waals surface area (Å²) in [7, 11) is 0. The van der Waals surface area contributed by atoms with E-state index in [4.69, 9.17) is 10.5 Å². The summed E-state index contributed by atoms with van der Waals surface area (Å²) in [5.74, 6) is -0.107. The molecule has 0 saturated carbocycles. The van der Waals surface area contributed by atoms with Gasteiger partial charge in [-0.05, 0) is 18.4 Å². The highest BCUT2D eigenvalue weighted by atomic mass is 32.1. The molecule has 1 amide bonds. The monoisotopic (exact) mass is 228 g/mol. The number of hydrogen-bond acceptors (Lipinski definition) is 4. The lowest BCUT2D eigenvalue weighted by Gasteiger charge is -2.11. The van der Waals surface area contributed by atoms with Crippen LogP contribution in [0.1, 0.15) is 17.8 Å². The van der Waals surface area contributed by atoms with E-state index in [1.54, 1.807) is 11.3 Å². The molecule has 1 aromatic rings. The maximum atomic E-state index is 11.4. The van der Waals surface area contributed by atoms with Crippen molar-refractivity contribution in [3.8, 4) is 0 Å². The Bertz CT molecular complexity index is 288. The van der Waals surface area contributed by atoms with Crippen molar-refractivity contribution in [1.29, 1.82) is 0 Å². The largest absolute Gasteiger partial charge is 0.370 e. The van der Waals surface area contributed by atoms with Crippen LogP contribution in [0.3, 0.4) is 0 Å². The second-order valence-electron chi connectivity index (χ2n) is 3.15. The molecule has 0 bridgehead atoms. The maximum absolute atomic E-state index is 11.4. The molecule has 0 aliphatic carbocycles. The Balaban J connectivity index is 2.26. The van der Waals surface area contributed by atoms with Crippen LogP contribution in [0.2, 0.25) is 0 Å². The van der Waals surface area contributed by atoms with E-state index < -0.39 is 0 Å². The van der Waals surface area contributed by atoms with Crippen molar-refractivity contribution in [2.45, 2.75) is 13.0 Å². The molecule has 0 saturated heterocycles. The molecule has 5 heteroatoms. The number of thiophene rings is 1. The Labute approximate surface area is 93.4 Å². The molecule has 0 fully saturated rings. The zero-order chi connectivity index (χ0) is 11.1. The molecule has 1 heterocycles. The second kappa shape index (κ2) is 6.55. The molecule has 1 aromatic heterocycles. The van der Waals surface area contributed by atoms with Crippen LogP contribution in [0.5, 0.6) is 0 Å². The van der Waals surface area contributed by atoms with E-state index in [1.807, 2.05) is 24.4 Å². The number of rotatable bonds is 6. The summed E-state index contributed by atoms with van der Waals surface area (Å²) in [4.78, 5) is 12.5. The van der Waals surface area contributed by atoms with Crippen LogP contribution in [0, 0.1) is 0 Å². The quantitative estimate of drug-likeness (QED) is 0.711. The number of ether oxygens (including phenoxy) is 1. The molecule has 0 aliphatic heterocycles. The molecule has 0 radical (unpaired) electrons. The Morgan fingerprint density at radius 1 is 1.73 bits per heavy atom. The van der Waals surface area contributed by atoms with Gasteiger partial charge in [0.05, 0.1) is 12.6 Å². The van der Waals surface area contributed by atoms with Gasteiger partial charge in [-0.1, -0.05) is 6.07 Å². The van der Waals surface area contributed by atoms with Crippen LogP contribution in [0.15, 0.2) is 17.5 Å². The average Bonchev–Trinajstić information content (AvgIpc) is 2.70. The van der Waals surface area contributed by atoms with Crippen LogP contribution >= 0.6 is 11.3 Å². The number of nitrogens with two attached hydrogens (primary N) is 1. The first kappa shape index (κ1) is 12.2. The zero-order valence-corrected chi connectivity index (χ0v) is 9.55. The van der Waals surface area contributed by atoms with Gasteiger partial charge in [0.1, 0.15) is 6.61 Å². The summed E-state index contributed by atoms with van der Waals surface area (Å²) in [6, 6.07) is 4.00. The van der Waals surface area contributed by atoms with Gasteiger partial charge in [0.15, 0.2) is 0 Å². The third-order valence-electron chi connectivity index (χ3n) is 1.84. The molecule has 15 heavy (non-hydrogen) atoms. The SMILES string of the molecule is C[C@H](NC(=O)COCCN)c1cccs1. The first-order valence-electron chi connectivity index (χ1n) is 4.84. The summed E-state index contributed by atoms with van der Waals surface area (Å²) in [5.41, 5.74) is 5.24. The highest BCUT2D eigenvalue weighted by Crippen LogP contribution is 2.17. The molecule has 4 nitrogen and oxygen atoms in total. The van der Waals surface area contributed by atoms with E-state index in [-0.39, 0.29) is 18.6 Å². The van der Waals surface area contributed by atoms with Gasteiger partial charge in [-0.2, -0.15) is 0 Å². The molecule has 0 spiro atoms. The van der Waals surface area contributed by atoms with Crippen LogP contribution < -0.4 is 11.1 Å². The molecule has 0 aliphatic rings. The van der Waals surface area contributed by atoms with E-state index in [0.29, 0.717) is 13.2 Å². The van der Waals surface area contributed by atoms with E-state index in [1.165, 1.54) is 0 Å². The third-order valence-corrected chi connectivity index (χ3v) is 2.90. The summed E-state index contributed by atoms with van der Waals surface area (Å²) < 4.78 is 5.03. The highest BCUT2D eigenvalue weighted by Gasteiger charge is 2.09. The number of hydrogen-bond donors (Lipinski definition) is 2. The van der Waals surface area contributed by atoms with Crippen LogP contribution in [-0.2, 0) is 9.53 Å². The predicted molar refractivity (Wildman–Crippen MR) is 60.8 cm³/mol. The molecule has 1 atom stereocenters. The number of amides is 1. The molecular weight excluding hydrogens is 212 g/mol. The highest BCUT2D eigenvalue weighted by molar-refractivity contribution is 7.10. The zero-order valence-electron chi connectivity index (χ0n) is 8.73. The van der Waals surface area contributed by atoms with E-state index >= 15 is 0 Å². The van der Waals surface area contributed by atoms with Gasteiger partial charge >= 0.3 is 0 Å². The number of carbonyl (C=O) groups excluding carboxylic acids is 1. The van der Waals surface area contributed by atoms with Crippen molar-refractivity contribution >= 4 is 17.2 Å². The summed E-state index contributed by atoms with van der Waals surface area (Å²) in [6.07, 6.45) is 0. The Morgan fingerprint density at radius 3 is 3.13 bits per heavy atom. The Morgan fingerprint density at radius 2 is 2.53 bits per heavy atom. The average molecular weight is 228 g/mol. The number of carbonyl (C=O) groups is 1. The number of nitrogens with one attached hydrogen (secondary N) is 1. The van der Waals surface area contributed by atoms with Crippen molar-refractivity contribution < 1.29 is 9.53 Å². The molecule has 0 unspecified atom stereocenters. The van der Waals surface area contributed by atoms with Gasteiger partial charge in [-0.25, -0.2) is 0 Å². The van der Waals surface area contributed by atoms with Crippen molar-refractivity contribution in [2.75, 3.05) is 19.8 Å². The lowest BCUT2D eigenvalue weighted by atomic mass is 10.3. The Kier molecular flexibility index (Phi) is 5.31. The van der Waals surface area contributed by atoms with Gasteiger partial charge in [0.2, 0.25) is 5.91 Å². The van der Waals surface area contributed by atoms with Crippen LogP contribution in [0.25, 0.3) is 0 Å². The van der Waals surface area contributed by atoms with Gasteiger partial charge in [-0.3, -0.25) is 4.79 Å². The first-order chi connectivity index (χ1) is 7.24. The first-order valence-corrected chi connectivity index (χ1v) is 5.72. The van der Waals surface area contributed by atoms with Crippen LogP contribution in [0.4, 0.5) is 0 Å². The summed E-state index contributed by atoms with van der Waals surface area (Å²) >= 11 is 1.63. The molecule has 1 rings (SSSR count). The van der Waals surface area contributed by atoms with Gasteiger partial charge in [-0.15, -0.1) is 11.3 Å². The minimum absolute atomic E-state index is 0.0407. The molecule has 0 aromatic carbocycles. The third kappa shape index (κ3) is 4.42. The minimum Gasteiger partial charge on any atom is -0.370 e. The van der Waals surface area contributed by atoms with Crippen molar-refractivity contribution in [1.82, 2.24) is 5.32 Å². The lowest BCUT2D eigenvalue weighted by molar-refractivity contribution is -0.126. The van der Waals surface area contributed by atoms with E-state index in [9.17, 15) is 4.79 Å². The van der Waals surface area contributed by atoms with Crippen molar-refractivity contribution in [2.24, 2.45) is 5.73 Å². The van der Waals surface area contributed by atoms with Gasteiger partial charge in [0.25, 0.3) is 0 Å². The smallest absolute Gasteiger partial charge is 0.246 e. The van der Waals surface area contributed by atoms with Gasteiger partial charge in [0, 0.05) is 11.4 Å². The molecular formula is C10H16N2O2S. The predicted octanol–water partition coefficient (Wildman–Crippen LogP) is 0.901. The fourth-order valence-corrected chi connectivity index (χ4v) is 1.87. The fraction of sp³-hybridized carbons (Fsp3) is 0.500. The topological polar surface area (TPSA) is 64.3 Å². The Hall–Kier alpha value is -0.910. The van der Waals surface area contributed by atoms with Crippen molar-refractivity contribution in [3.05, 3.63) is 22.4 Å². The maximum Gasteiger partial charge on any atom is 0.246 e. The van der Waals surface area contributed by atoms with Crippen molar-refractivity contribution in [3.63, 3.8) is 0 Å². The molecule has 84 valence electrons. The summed E-state index contributed by atoms with van der Waals surface area (Å²) in [5, 5.41) is 4.84. The normalized spacial score (nSPS) is 12.4. The minimum atomic E-state index is -0.107. The second-order valence-corrected chi connectivity index (χ2v) is 4.13.